The molecule has 74 valence electrons. The fourth-order valence-corrected chi connectivity index (χ4v) is 1.59. The molecule has 1 aromatic rings. The summed E-state index contributed by atoms with van der Waals surface area (Å²) >= 11 is 3.27. The number of carbonyl (C=O) groups is 1. The first-order valence-corrected chi connectivity index (χ1v) is 4.72. The molecule has 3 nitrogen and oxygen atoms in total. The molecule has 0 saturated heterocycles. The number of halogens is 1. The Bertz CT molecular complexity index is 372. The minimum absolute atomic E-state index is 0.0622. The summed E-state index contributed by atoms with van der Waals surface area (Å²) in [7, 11) is 0. The quantitative estimate of drug-likeness (QED) is 0.814. The van der Waals surface area contributed by atoms with E-state index < -0.39 is 5.97 Å². The first-order valence-electron chi connectivity index (χ1n) is 3.93. The molecule has 0 radical (unpaired) electrons. The molecule has 0 aromatic heterocycles. The predicted octanol–water partition coefficient (Wildman–Crippen LogP) is 2.04. The van der Waals surface area contributed by atoms with Crippen LogP contribution in [0.1, 0.15) is 11.1 Å². The maximum absolute atomic E-state index is 10.3. The smallest absolute Gasteiger partial charge is 0.328 e. The largest absolute Gasteiger partial charge is 0.478 e. The average molecular weight is 257 g/mol. The summed E-state index contributed by atoms with van der Waals surface area (Å²) in [6.07, 6.45) is 2.54. The van der Waals surface area contributed by atoms with Crippen molar-refractivity contribution in [1.29, 1.82) is 0 Å². The van der Waals surface area contributed by atoms with Crippen LogP contribution in [0.3, 0.4) is 0 Å². The monoisotopic (exact) mass is 256 g/mol. The first-order chi connectivity index (χ1) is 6.61. The van der Waals surface area contributed by atoms with Gasteiger partial charge < -0.3 is 10.2 Å². The van der Waals surface area contributed by atoms with Gasteiger partial charge in [-0.15, -0.1) is 0 Å². The molecule has 0 bridgehead atoms. The third kappa shape index (κ3) is 3.32. The van der Waals surface area contributed by atoms with Crippen molar-refractivity contribution in [2.45, 2.75) is 6.61 Å². The lowest BCUT2D eigenvalue weighted by Gasteiger charge is -2.00. The molecule has 1 rings (SSSR count). The number of carboxylic acids is 1. The van der Waals surface area contributed by atoms with Crippen molar-refractivity contribution in [3.8, 4) is 0 Å². The molecule has 14 heavy (non-hydrogen) atoms. The zero-order chi connectivity index (χ0) is 10.6. The van der Waals surface area contributed by atoms with Crippen LogP contribution in [-0.4, -0.2) is 16.2 Å². The molecule has 0 atom stereocenters. The number of hydrogen-bond donors (Lipinski definition) is 2. The van der Waals surface area contributed by atoms with E-state index in [0.717, 1.165) is 21.7 Å². The van der Waals surface area contributed by atoms with E-state index in [1.54, 1.807) is 18.2 Å². The van der Waals surface area contributed by atoms with Gasteiger partial charge in [0.2, 0.25) is 0 Å². The number of rotatable bonds is 3. The standard InChI is InChI=1S/C10H9BrO3/c11-9-4-7(1-2-10(13)14)3-8(5-9)6-12/h1-5,12H,6H2,(H,13,14)/b2-1+. The van der Waals surface area contributed by atoms with Gasteiger partial charge in [-0.3, -0.25) is 0 Å². The highest BCUT2D eigenvalue weighted by atomic mass is 79.9. The van der Waals surface area contributed by atoms with E-state index in [1.165, 1.54) is 6.08 Å². The van der Waals surface area contributed by atoms with Gasteiger partial charge in [-0.1, -0.05) is 15.9 Å². The van der Waals surface area contributed by atoms with E-state index in [2.05, 4.69) is 15.9 Å². The summed E-state index contributed by atoms with van der Waals surface area (Å²) in [6.45, 7) is -0.0622. The molecule has 0 aliphatic carbocycles. The number of carboxylic acid groups (broad SMARTS) is 1. The molecule has 4 heteroatoms. The second kappa shape index (κ2) is 4.93. The van der Waals surface area contributed by atoms with Gasteiger partial charge in [0.1, 0.15) is 0 Å². The van der Waals surface area contributed by atoms with Crippen molar-refractivity contribution < 1.29 is 15.0 Å². The highest BCUT2D eigenvalue weighted by Gasteiger charge is 1.96. The highest BCUT2D eigenvalue weighted by Crippen LogP contribution is 2.16. The van der Waals surface area contributed by atoms with Gasteiger partial charge >= 0.3 is 5.97 Å². The van der Waals surface area contributed by atoms with Gasteiger partial charge in [-0.25, -0.2) is 4.79 Å². The van der Waals surface area contributed by atoms with Crippen molar-refractivity contribution in [1.82, 2.24) is 0 Å². The molecule has 0 aliphatic heterocycles. The predicted molar refractivity (Wildman–Crippen MR) is 56.7 cm³/mol. The Morgan fingerprint density at radius 1 is 1.43 bits per heavy atom. The van der Waals surface area contributed by atoms with E-state index in [4.69, 9.17) is 10.2 Å². The maximum Gasteiger partial charge on any atom is 0.328 e. The minimum atomic E-state index is -0.990. The molecule has 0 unspecified atom stereocenters. The summed E-state index contributed by atoms with van der Waals surface area (Å²) in [5.74, 6) is -0.990. The normalized spacial score (nSPS) is 10.7. The molecule has 1 aromatic carbocycles. The molecular formula is C10H9BrO3. The van der Waals surface area contributed by atoms with E-state index in [1.807, 2.05) is 0 Å². The lowest BCUT2D eigenvalue weighted by Crippen LogP contribution is -1.87. The van der Waals surface area contributed by atoms with Gasteiger partial charge in [0.15, 0.2) is 0 Å². The number of benzene rings is 1. The lowest BCUT2D eigenvalue weighted by atomic mass is 10.1. The SMILES string of the molecule is O=C(O)/C=C/c1cc(Br)cc(CO)c1. The van der Waals surface area contributed by atoms with Crippen LogP contribution in [0, 0.1) is 0 Å². The van der Waals surface area contributed by atoms with Crippen LogP contribution in [0.5, 0.6) is 0 Å². The Kier molecular flexibility index (Phi) is 3.85. The fourth-order valence-electron chi connectivity index (χ4n) is 1.03. The van der Waals surface area contributed by atoms with Crippen molar-refractivity contribution in [2.24, 2.45) is 0 Å². The van der Waals surface area contributed by atoms with E-state index >= 15 is 0 Å². The van der Waals surface area contributed by atoms with E-state index in [0.29, 0.717) is 0 Å². The van der Waals surface area contributed by atoms with E-state index in [-0.39, 0.29) is 6.61 Å². The van der Waals surface area contributed by atoms with Gasteiger partial charge in [0, 0.05) is 10.5 Å². The zero-order valence-corrected chi connectivity index (χ0v) is 8.86. The maximum atomic E-state index is 10.3. The number of aliphatic carboxylic acids is 1. The van der Waals surface area contributed by atoms with Gasteiger partial charge in [-0.2, -0.15) is 0 Å². The summed E-state index contributed by atoms with van der Waals surface area (Å²) < 4.78 is 0.814. The van der Waals surface area contributed by atoms with Crippen molar-refractivity contribution in [3.05, 3.63) is 39.9 Å². The summed E-state index contributed by atoms with van der Waals surface area (Å²) in [6, 6.07) is 5.28. The molecule has 0 amide bonds. The Morgan fingerprint density at radius 3 is 2.71 bits per heavy atom. The molecule has 0 saturated carbocycles. The third-order valence-electron chi connectivity index (χ3n) is 1.58. The Morgan fingerprint density at radius 2 is 2.14 bits per heavy atom. The first kappa shape index (κ1) is 10.9. The number of aliphatic hydroxyl groups excluding tert-OH is 1. The lowest BCUT2D eigenvalue weighted by molar-refractivity contribution is -0.131. The van der Waals surface area contributed by atoms with Crippen LogP contribution in [0.25, 0.3) is 6.08 Å². The number of hydrogen-bond acceptors (Lipinski definition) is 2. The summed E-state index contributed by atoms with van der Waals surface area (Å²) in [5, 5.41) is 17.3. The average Bonchev–Trinajstić information content (AvgIpc) is 2.14. The number of aliphatic hydroxyl groups is 1. The molecule has 0 aliphatic rings. The second-order valence-electron chi connectivity index (χ2n) is 2.72. The molecule has 2 N–H and O–H groups in total. The molecule has 0 fully saturated rings. The van der Waals surface area contributed by atoms with Crippen molar-refractivity contribution >= 4 is 28.0 Å². The van der Waals surface area contributed by atoms with Crippen LogP contribution >= 0.6 is 15.9 Å². The Labute approximate surface area is 89.8 Å². The van der Waals surface area contributed by atoms with Gasteiger partial charge in [-0.05, 0) is 35.4 Å². The third-order valence-corrected chi connectivity index (χ3v) is 2.04. The molecular weight excluding hydrogens is 248 g/mol. The van der Waals surface area contributed by atoms with Crippen LogP contribution < -0.4 is 0 Å². The van der Waals surface area contributed by atoms with E-state index in [9.17, 15) is 4.79 Å². The van der Waals surface area contributed by atoms with Crippen molar-refractivity contribution in [3.63, 3.8) is 0 Å². The summed E-state index contributed by atoms with van der Waals surface area (Å²) in [5.41, 5.74) is 1.48. The van der Waals surface area contributed by atoms with Crippen LogP contribution in [0.4, 0.5) is 0 Å². The van der Waals surface area contributed by atoms with Crippen molar-refractivity contribution in [2.75, 3.05) is 0 Å². The fraction of sp³-hybridized carbons (Fsp3) is 0.100. The molecule has 0 spiro atoms. The summed E-state index contributed by atoms with van der Waals surface area (Å²) in [4.78, 5) is 10.3. The minimum Gasteiger partial charge on any atom is -0.478 e. The zero-order valence-electron chi connectivity index (χ0n) is 7.27. The van der Waals surface area contributed by atoms with Crippen LogP contribution in [0.15, 0.2) is 28.7 Å². The van der Waals surface area contributed by atoms with Gasteiger partial charge in [0.05, 0.1) is 6.61 Å². The Balaban J connectivity index is 2.97. The molecule has 0 heterocycles. The Hall–Kier alpha value is -1.13. The highest BCUT2D eigenvalue weighted by molar-refractivity contribution is 9.10. The topological polar surface area (TPSA) is 57.5 Å². The van der Waals surface area contributed by atoms with Gasteiger partial charge in [0.25, 0.3) is 0 Å². The second-order valence-corrected chi connectivity index (χ2v) is 3.64. The van der Waals surface area contributed by atoms with Crippen LogP contribution in [-0.2, 0) is 11.4 Å². The van der Waals surface area contributed by atoms with Crippen LogP contribution in [0.2, 0.25) is 0 Å².